The molecule has 0 radical (unpaired) electrons. The molecule has 3 N–H and O–H groups in total. The van der Waals surface area contributed by atoms with Gasteiger partial charge in [0.25, 0.3) is 5.91 Å². The van der Waals surface area contributed by atoms with Crippen molar-refractivity contribution in [2.75, 3.05) is 11.1 Å². The fourth-order valence-electron chi connectivity index (χ4n) is 1.66. The predicted octanol–water partition coefficient (Wildman–Crippen LogP) is 4.90. The summed E-state index contributed by atoms with van der Waals surface area (Å²) in [6, 6.07) is 8.43. The minimum atomic E-state index is -0.345. The second-order valence-corrected chi connectivity index (χ2v) is 5.88. The Bertz CT molecular complexity index is 689. The molecular weight excluding hydrogens is 363 g/mol. The van der Waals surface area contributed by atoms with E-state index in [0.29, 0.717) is 22.0 Å². The highest BCUT2D eigenvalue weighted by Gasteiger charge is 2.14. The summed E-state index contributed by atoms with van der Waals surface area (Å²) in [5.74, 6) is -0.345. The van der Waals surface area contributed by atoms with Gasteiger partial charge < -0.3 is 11.1 Å². The number of anilines is 2. The van der Waals surface area contributed by atoms with Crippen LogP contribution in [0, 0.1) is 6.92 Å². The molecule has 0 aromatic heterocycles. The summed E-state index contributed by atoms with van der Waals surface area (Å²) in [5, 5.41) is 3.56. The molecule has 2 aromatic rings. The van der Waals surface area contributed by atoms with E-state index < -0.39 is 0 Å². The van der Waals surface area contributed by atoms with Crippen molar-refractivity contribution in [3.8, 4) is 0 Å². The van der Waals surface area contributed by atoms with Crippen LogP contribution in [0.4, 0.5) is 11.4 Å². The first-order valence-corrected chi connectivity index (χ1v) is 7.26. The number of rotatable bonds is 2. The van der Waals surface area contributed by atoms with Gasteiger partial charge in [-0.3, -0.25) is 4.79 Å². The van der Waals surface area contributed by atoms with Gasteiger partial charge in [-0.15, -0.1) is 0 Å². The summed E-state index contributed by atoms with van der Waals surface area (Å²) in [6.45, 7) is 1.88. The molecule has 0 atom stereocenters. The summed E-state index contributed by atoms with van der Waals surface area (Å²) in [7, 11) is 0. The first-order valence-electron chi connectivity index (χ1n) is 5.71. The van der Waals surface area contributed by atoms with E-state index in [4.69, 9.17) is 28.9 Å². The monoisotopic (exact) mass is 372 g/mol. The van der Waals surface area contributed by atoms with Crippen molar-refractivity contribution in [1.82, 2.24) is 0 Å². The van der Waals surface area contributed by atoms with Gasteiger partial charge in [0.05, 0.1) is 22.0 Å². The van der Waals surface area contributed by atoms with E-state index in [1.807, 2.05) is 13.0 Å². The van der Waals surface area contributed by atoms with E-state index >= 15 is 0 Å². The number of nitrogen functional groups attached to an aromatic ring is 1. The van der Waals surface area contributed by atoms with E-state index in [9.17, 15) is 4.79 Å². The third-order valence-electron chi connectivity index (χ3n) is 2.77. The van der Waals surface area contributed by atoms with Crippen molar-refractivity contribution in [3.05, 3.63) is 56.0 Å². The molecule has 104 valence electrons. The van der Waals surface area contributed by atoms with Gasteiger partial charge in [0.15, 0.2) is 0 Å². The first-order chi connectivity index (χ1) is 9.40. The van der Waals surface area contributed by atoms with E-state index in [-0.39, 0.29) is 10.9 Å². The quantitative estimate of drug-likeness (QED) is 0.735. The van der Waals surface area contributed by atoms with Gasteiger partial charge in [0.2, 0.25) is 0 Å². The SMILES string of the molecule is Cc1cc(Br)c(NC(=O)c2cccc(N)c2Cl)cc1Cl. The molecule has 20 heavy (non-hydrogen) atoms. The molecule has 2 rings (SSSR count). The van der Waals surface area contributed by atoms with Crippen LogP contribution in [0.3, 0.4) is 0 Å². The summed E-state index contributed by atoms with van der Waals surface area (Å²) >= 11 is 15.5. The molecule has 0 aliphatic heterocycles. The van der Waals surface area contributed by atoms with Crippen molar-refractivity contribution >= 4 is 56.4 Å². The largest absolute Gasteiger partial charge is 0.398 e. The summed E-state index contributed by atoms with van der Waals surface area (Å²) in [4.78, 5) is 12.2. The molecule has 0 aliphatic rings. The number of nitrogens with one attached hydrogen (secondary N) is 1. The molecular formula is C14H11BrCl2N2O. The molecule has 0 saturated carbocycles. The van der Waals surface area contributed by atoms with Crippen molar-refractivity contribution < 1.29 is 4.79 Å². The van der Waals surface area contributed by atoms with Gasteiger partial charge in [-0.1, -0.05) is 29.3 Å². The van der Waals surface area contributed by atoms with Gasteiger partial charge in [0, 0.05) is 9.50 Å². The van der Waals surface area contributed by atoms with Gasteiger partial charge in [-0.2, -0.15) is 0 Å². The Labute approximate surface area is 135 Å². The number of aryl methyl sites for hydroxylation is 1. The van der Waals surface area contributed by atoms with Crippen LogP contribution in [-0.2, 0) is 0 Å². The normalized spacial score (nSPS) is 10.4. The fraction of sp³-hybridized carbons (Fsp3) is 0.0714. The number of carbonyl (C=O) groups excluding carboxylic acids is 1. The Balaban J connectivity index is 2.33. The van der Waals surface area contributed by atoms with Crippen molar-refractivity contribution in [2.45, 2.75) is 6.92 Å². The zero-order valence-corrected chi connectivity index (χ0v) is 13.6. The molecule has 0 bridgehead atoms. The summed E-state index contributed by atoms with van der Waals surface area (Å²) < 4.78 is 0.743. The number of halogens is 3. The average molecular weight is 374 g/mol. The Morgan fingerprint density at radius 2 is 2.00 bits per heavy atom. The molecule has 6 heteroatoms. The lowest BCUT2D eigenvalue weighted by Gasteiger charge is -2.11. The maximum absolute atomic E-state index is 12.2. The number of nitrogens with two attached hydrogens (primary N) is 1. The minimum Gasteiger partial charge on any atom is -0.398 e. The van der Waals surface area contributed by atoms with Crippen LogP contribution < -0.4 is 11.1 Å². The van der Waals surface area contributed by atoms with Gasteiger partial charge in [0.1, 0.15) is 0 Å². The Hall–Kier alpha value is -1.23. The topological polar surface area (TPSA) is 55.1 Å². The number of amides is 1. The Morgan fingerprint density at radius 3 is 2.70 bits per heavy atom. The second-order valence-electron chi connectivity index (χ2n) is 4.24. The maximum Gasteiger partial charge on any atom is 0.257 e. The van der Waals surface area contributed by atoms with Gasteiger partial charge in [-0.25, -0.2) is 0 Å². The van der Waals surface area contributed by atoms with Crippen LogP contribution >= 0.6 is 39.1 Å². The summed E-state index contributed by atoms with van der Waals surface area (Å²) in [5.41, 5.74) is 7.85. The van der Waals surface area contributed by atoms with Crippen LogP contribution in [0.25, 0.3) is 0 Å². The Kier molecular flexibility index (Phi) is 4.58. The van der Waals surface area contributed by atoms with Crippen LogP contribution in [-0.4, -0.2) is 5.91 Å². The molecule has 0 heterocycles. The minimum absolute atomic E-state index is 0.235. The van der Waals surface area contributed by atoms with Crippen molar-refractivity contribution in [2.24, 2.45) is 0 Å². The molecule has 0 fully saturated rings. The van der Waals surface area contributed by atoms with Crippen LogP contribution in [0.2, 0.25) is 10.0 Å². The lowest BCUT2D eigenvalue weighted by Crippen LogP contribution is -2.13. The fourth-order valence-corrected chi connectivity index (χ4v) is 2.59. The zero-order valence-electron chi connectivity index (χ0n) is 10.5. The van der Waals surface area contributed by atoms with Crippen LogP contribution in [0.1, 0.15) is 15.9 Å². The molecule has 0 unspecified atom stereocenters. The number of hydrogen-bond donors (Lipinski definition) is 2. The van der Waals surface area contributed by atoms with Gasteiger partial charge in [-0.05, 0) is 52.7 Å². The first kappa shape index (κ1) is 15.2. The van der Waals surface area contributed by atoms with Crippen LogP contribution in [0.15, 0.2) is 34.8 Å². The molecule has 3 nitrogen and oxygen atoms in total. The summed E-state index contributed by atoms with van der Waals surface area (Å²) in [6.07, 6.45) is 0. The molecule has 0 saturated heterocycles. The molecule has 1 amide bonds. The third-order valence-corrected chi connectivity index (χ3v) is 4.25. The van der Waals surface area contributed by atoms with Crippen molar-refractivity contribution in [1.29, 1.82) is 0 Å². The standard InChI is InChI=1S/C14H11BrCl2N2O/c1-7-5-9(15)12(6-10(7)16)19-14(20)8-3-2-4-11(18)13(8)17/h2-6H,18H2,1H3,(H,19,20). The number of benzene rings is 2. The molecule has 0 aliphatic carbocycles. The highest BCUT2D eigenvalue weighted by Crippen LogP contribution is 2.30. The number of hydrogen-bond acceptors (Lipinski definition) is 2. The van der Waals surface area contributed by atoms with E-state index in [1.165, 1.54) is 0 Å². The predicted molar refractivity (Wildman–Crippen MR) is 87.7 cm³/mol. The van der Waals surface area contributed by atoms with Crippen molar-refractivity contribution in [3.63, 3.8) is 0 Å². The van der Waals surface area contributed by atoms with Crippen LogP contribution in [0.5, 0.6) is 0 Å². The second kappa shape index (κ2) is 6.04. The highest BCUT2D eigenvalue weighted by molar-refractivity contribution is 9.10. The lowest BCUT2D eigenvalue weighted by atomic mass is 10.1. The highest BCUT2D eigenvalue weighted by atomic mass is 79.9. The smallest absolute Gasteiger partial charge is 0.257 e. The lowest BCUT2D eigenvalue weighted by molar-refractivity contribution is 0.102. The molecule has 2 aromatic carbocycles. The maximum atomic E-state index is 12.2. The van der Waals surface area contributed by atoms with E-state index in [1.54, 1.807) is 24.3 Å². The number of carbonyl (C=O) groups is 1. The molecule has 0 spiro atoms. The van der Waals surface area contributed by atoms with Gasteiger partial charge >= 0.3 is 0 Å². The zero-order chi connectivity index (χ0) is 14.9. The van der Waals surface area contributed by atoms with E-state index in [0.717, 1.165) is 10.0 Å². The Morgan fingerprint density at radius 1 is 1.30 bits per heavy atom. The average Bonchev–Trinajstić information content (AvgIpc) is 2.39. The third kappa shape index (κ3) is 3.08. The van der Waals surface area contributed by atoms with E-state index in [2.05, 4.69) is 21.2 Å².